The van der Waals surface area contributed by atoms with Crippen molar-refractivity contribution in [3.8, 4) is 0 Å². The number of carboxylic acid groups (broad SMARTS) is 1. The zero-order valence-electron chi connectivity index (χ0n) is 8.38. The molecule has 1 fully saturated rings. The molecule has 0 amide bonds. The van der Waals surface area contributed by atoms with Crippen LogP contribution in [0.25, 0.3) is 0 Å². The van der Waals surface area contributed by atoms with E-state index in [-0.39, 0.29) is 0 Å². The van der Waals surface area contributed by atoms with Crippen LogP contribution < -0.4 is 0 Å². The summed E-state index contributed by atoms with van der Waals surface area (Å²) in [5.41, 5.74) is 0. The fourth-order valence-corrected chi connectivity index (χ4v) is 3.15. The highest BCUT2D eigenvalue weighted by molar-refractivity contribution is 8.01. The molecule has 2 nitrogen and oxygen atoms in total. The number of hydrogen-bond donors (Lipinski definition) is 1. The number of rotatable bonds is 3. The molecule has 1 rings (SSSR count). The average molecular weight is 202 g/mol. The summed E-state index contributed by atoms with van der Waals surface area (Å²) in [4.78, 5) is 10.9. The van der Waals surface area contributed by atoms with Gasteiger partial charge < -0.3 is 5.11 Å². The molecule has 0 aliphatic heterocycles. The summed E-state index contributed by atoms with van der Waals surface area (Å²) in [6.45, 7) is 3.60. The zero-order chi connectivity index (χ0) is 9.90. The average Bonchev–Trinajstić information content (AvgIpc) is 2.05. The highest BCUT2D eigenvalue weighted by Crippen LogP contribution is 2.36. The maximum absolute atomic E-state index is 10.9. The van der Waals surface area contributed by atoms with Gasteiger partial charge in [-0.05, 0) is 26.7 Å². The molecular formula is C10H18O2S. The predicted molar refractivity (Wildman–Crippen MR) is 56.2 cm³/mol. The molecule has 1 aliphatic carbocycles. The second-order valence-electron chi connectivity index (χ2n) is 4.19. The molecule has 0 bridgehead atoms. The number of carboxylic acids is 1. The normalized spacial score (nSPS) is 20.2. The van der Waals surface area contributed by atoms with Crippen LogP contribution in [-0.4, -0.2) is 21.1 Å². The van der Waals surface area contributed by atoms with Crippen LogP contribution in [-0.2, 0) is 4.79 Å². The smallest absolute Gasteiger partial charge is 0.319 e. The van der Waals surface area contributed by atoms with Crippen molar-refractivity contribution in [1.82, 2.24) is 0 Å². The van der Waals surface area contributed by atoms with Gasteiger partial charge in [-0.1, -0.05) is 19.3 Å². The van der Waals surface area contributed by atoms with Gasteiger partial charge in [0.05, 0.1) is 0 Å². The van der Waals surface area contributed by atoms with Gasteiger partial charge in [0.1, 0.15) is 4.75 Å². The van der Waals surface area contributed by atoms with Crippen LogP contribution in [0.2, 0.25) is 0 Å². The fourth-order valence-electron chi connectivity index (χ4n) is 1.65. The quantitative estimate of drug-likeness (QED) is 0.764. The van der Waals surface area contributed by atoms with E-state index in [1.165, 1.54) is 32.1 Å². The Morgan fingerprint density at radius 3 is 2.31 bits per heavy atom. The van der Waals surface area contributed by atoms with Crippen molar-refractivity contribution in [1.29, 1.82) is 0 Å². The zero-order valence-corrected chi connectivity index (χ0v) is 9.19. The van der Waals surface area contributed by atoms with Crippen LogP contribution in [0.15, 0.2) is 0 Å². The Hall–Kier alpha value is -0.180. The van der Waals surface area contributed by atoms with Crippen LogP contribution in [0.4, 0.5) is 0 Å². The largest absolute Gasteiger partial charge is 0.480 e. The lowest BCUT2D eigenvalue weighted by Gasteiger charge is -2.28. The molecule has 0 atom stereocenters. The van der Waals surface area contributed by atoms with E-state index in [4.69, 9.17) is 5.11 Å². The molecule has 0 unspecified atom stereocenters. The third-order valence-corrected chi connectivity index (χ3v) is 4.10. The first kappa shape index (κ1) is 10.9. The second-order valence-corrected chi connectivity index (χ2v) is 6.12. The summed E-state index contributed by atoms with van der Waals surface area (Å²) >= 11 is 1.63. The Morgan fingerprint density at radius 1 is 1.31 bits per heavy atom. The minimum Gasteiger partial charge on any atom is -0.480 e. The third-order valence-electron chi connectivity index (χ3n) is 2.53. The standard InChI is InChI=1S/C10H18O2S/c1-10(2,9(11)12)13-8-6-4-3-5-7-8/h8H,3-7H2,1-2H3,(H,11,12). The van der Waals surface area contributed by atoms with Crippen molar-refractivity contribution in [2.24, 2.45) is 0 Å². The van der Waals surface area contributed by atoms with E-state index >= 15 is 0 Å². The molecule has 0 spiro atoms. The summed E-state index contributed by atoms with van der Waals surface area (Å²) in [6.07, 6.45) is 6.26. The summed E-state index contributed by atoms with van der Waals surface area (Å²) < 4.78 is -0.609. The van der Waals surface area contributed by atoms with Crippen molar-refractivity contribution in [2.75, 3.05) is 0 Å². The first-order valence-corrected chi connectivity index (χ1v) is 5.81. The highest BCUT2D eigenvalue weighted by atomic mass is 32.2. The Bertz CT molecular complexity index is 183. The van der Waals surface area contributed by atoms with Crippen LogP contribution in [0.3, 0.4) is 0 Å². The van der Waals surface area contributed by atoms with E-state index in [1.807, 2.05) is 0 Å². The first-order valence-electron chi connectivity index (χ1n) is 4.93. The van der Waals surface area contributed by atoms with Gasteiger partial charge >= 0.3 is 5.97 Å². The number of hydrogen-bond acceptors (Lipinski definition) is 2. The van der Waals surface area contributed by atoms with Crippen molar-refractivity contribution >= 4 is 17.7 Å². The lowest BCUT2D eigenvalue weighted by molar-refractivity contribution is -0.138. The Balaban J connectivity index is 2.41. The van der Waals surface area contributed by atoms with Gasteiger partial charge in [-0.25, -0.2) is 0 Å². The maximum atomic E-state index is 10.9. The molecule has 1 aliphatic rings. The first-order chi connectivity index (χ1) is 6.02. The molecule has 0 aromatic heterocycles. The highest BCUT2D eigenvalue weighted by Gasteiger charge is 2.31. The molecule has 76 valence electrons. The van der Waals surface area contributed by atoms with Gasteiger partial charge in [0.15, 0.2) is 0 Å². The van der Waals surface area contributed by atoms with Gasteiger partial charge in [-0.15, -0.1) is 11.8 Å². The SMILES string of the molecule is CC(C)(SC1CCCCC1)C(=O)O. The van der Waals surface area contributed by atoms with E-state index in [9.17, 15) is 4.79 Å². The lowest BCUT2D eigenvalue weighted by Crippen LogP contribution is -2.30. The number of thioether (sulfide) groups is 1. The number of aliphatic carboxylic acids is 1. The van der Waals surface area contributed by atoms with Crippen molar-refractivity contribution in [3.05, 3.63) is 0 Å². The Morgan fingerprint density at radius 2 is 1.85 bits per heavy atom. The topological polar surface area (TPSA) is 37.3 Å². The molecule has 3 heteroatoms. The summed E-state index contributed by atoms with van der Waals surface area (Å²) in [5.74, 6) is -0.692. The molecule has 0 radical (unpaired) electrons. The lowest BCUT2D eigenvalue weighted by atomic mass is 10.0. The predicted octanol–water partition coefficient (Wildman–Crippen LogP) is 2.92. The van der Waals surface area contributed by atoms with E-state index < -0.39 is 10.7 Å². The van der Waals surface area contributed by atoms with Crippen molar-refractivity contribution in [3.63, 3.8) is 0 Å². The van der Waals surface area contributed by atoms with Crippen molar-refractivity contribution < 1.29 is 9.90 Å². The van der Waals surface area contributed by atoms with E-state index in [1.54, 1.807) is 25.6 Å². The summed E-state index contributed by atoms with van der Waals surface area (Å²) in [5, 5.41) is 9.52. The molecule has 0 aromatic carbocycles. The minimum atomic E-state index is -0.692. The number of carbonyl (C=O) groups is 1. The fraction of sp³-hybridized carbons (Fsp3) is 0.900. The van der Waals surface area contributed by atoms with Crippen molar-refractivity contribution in [2.45, 2.75) is 55.9 Å². The maximum Gasteiger partial charge on any atom is 0.319 e. The third kappa shape index (κ3) is 3.22. The van der Waals surface area contributed by atoms with Gasteiger partial charge in [0.2, 0.25) is 0 Å². The van der Waals surface area contributed by atoms with Gasteiger partial charge in [-0.2, -0.15) is 0 Å². The van der Waals surface area contributed by atoms with Crippen LogP contribution in [0.5, 0.6) is 0 Å². The van der Waals surface area contributed by atoms with Crippen LogP contribution in [0, 0.1) is 0 Å². The van der Waals surface area contributed by atoms with Gasteiger partial charge in [-0.3, -0.25) is 4.79 Å². The Labute approximate surface area is 84.1 Å². The molecule has 0 aromatic rings. The van der Waals surface area contributed by atoms with E-state index in [0.717, 1.165) is 0 Å². The Kier molecular flexibility index (Phi) is 3.65. The monoisotopic (exact) mass is 202 g/mol. The van der Waals surface area contributed by atoms with Gasteiger partial charge in [0.25, 0.3) is 0 Å². The van der Waals surface area contributed by atoms with Crippen LogP contribution in [0.1, 0.15) is 46.0 Å². The second kappa shape index (κ2) is 4.36. The molecule has 0 saturated heterocycles. The molecule has 1 saturated carbocycles. The minimum absolute atomic E-state index is 0.569. The molecular weight excluding hydrogens is 184 g/mol. The molecule has 1 N–H and O–H groups in total. The van der Waals surface area contributed by atoms with Gasteiger partial charge in [0, 0.05) is 5.25 Å². The summed E-state index contributed by atoms with van der Waals surface area (Å²) in [7, 11) is 0. The van der Waals surface area contributed by atoms with E-state index in [2.05, 4.69) is 0 Å². The van der Waals surface area contributed by atoms with E-state index in [0.29, 0.717) is 5.25 Å². The van der Waals surface area contributed by atoms with Crippen LogP contribution >= 0.6 is 11.8 Å². The molecule has 13 heavy (non-hydrogen) atoms. The molecule has 0 heterocycles. The summed E-state index contributed by atoms with van der Waals surface area (Å²) in [6, 6.07) is 0.